The van der Waals surface area contributed by atoms with E-state index in [0.717, 1.165) is 43.1 Å². The Balaban J connectivity index is 1.54. The van der Waals surface area contributed by atoms with E-state index in [0.29, 0.717) is 10.8 Å². The predicted octanol–water partition coefficient (Wildman–Crippen LogP) is 4.20. The topological polar surface area (TPSA) is 106 Å². The van der Waals surface area contributed by atoms with Crippen molar-refractivity contribution < 1.29 is 9.72 Å². The summed E-state index contributed by atoms with van der Waals surface area (Å²) in [5, 5.41) is 22.6. The minimum Gasteiger partial charge on any atom is -0.341 e. The maximum absolute atomic E-state index is 12.8. The van der Waals surface area contributed by atoms with Crippen LogP contribution < -0.4 is 10.2 Å². The molecule has 3 aromatic rings. The Morgan fingerprint density at radius 2 is 1.75 bits per heavy atom. The first-order chi connectivity index (χ1) is 15.4. The molecule has 0 bridgehead atoms. The van der Waals surface area contributed by atoms with Gasteiger partial charge in [0.05, 0.1) is 15.9 Å². The Hall–Kier alpha value is -3.40. The first kappa shape index (κ1) is 21.8. The van der Waals surface area contributed by atoms with Crippen LogP contribution in [0.2, 0.25) is 0 Å². The number of benzene rings is 2. The van der Waals surface area contributed by atoms with Gasteiger partial charge in [-0.05, 0) is 51.0 Å². The molecule has 0 radical (unpaired) electrons. The van der Waals surface area contributed by atoms with E-state index < -0.39 is 10.2 Å². The van der Waals surface area contributed by atoms with Crippen molar-refractivity contribution >= 4 is 35.0 Å². The molecule has 4 rings (SSSR count). The molecule has 1 unspecified atom stereocenters. The molecule has 0 saturated carbocycles. The molecule has 9 nitrogen and oxygen atoms in total. The Bertz CT molecular complexity index is 1110. The highest BCUT2D eigenvalue weighted by Gasteiger charge is 2.25. The molecule has 32 heavy (non-hydrogen) atoms. The van der Waals surface area contributed by atoms with Gasteiger partial charge in [0, 0.05) is 30.9 Å². The van der Waals surface area contributed by atoms with Gasteiger partial charge in [0.1, 0.15) is 0 Å². The molecular weight excluding hydrogens is 428 g/mol. The van der Waals surface area contributed by atoms with Crippen LogP contribution in [0, 0.1) is 17.0 Å². The summed E-state index contributed by atoms with van der Waals surface area (Å²) in [6.07, 6.45) is 2.24. The summed E-state index contributed by atoms with van der Waals surface area (Å²) >= 11 is 1.33. The molecular formula is C22H24N6O3S. The maximum Gasteiger partial charge on any atom is 0.269 e. The van der Waals surface area contributed by atoms with Crippen molar-refractivity contribution in [3.05, 3.63) is 64.2 Å². The van der Waals surface area contributed by atoms with E-state index in [1.54, 1.807) is 6.92 Å². The number of nitro benzene ring substituents is 1. The Morgan fingerprint density at radius 3 is 2.38 bits per heavy atom. The number of nitro groups is 1. The number of aromatic nitrogens is 3. The van der Waals surface area contributed by atoms with Gasteiger partial charge in [-0.2, -0.15) is 0 Å². The van der Waals surface area contributed by atoms with E-state index in [2.05, 4.69) is 20.4 Å². The number of rotatable bonds is 7. The fourth-order valence-electron chi connectivity index (χ4n) is 3.50. The lowest BCUT2D eigenvalue weighted by atomic mass is 10.2. The molecule has 0 spiro atoms. The van der Waals surface area contributed by atoms with Gasteiger partial charge in [0.25, 0.3) is 5.69 Å². The highest BCUT2D eigenvalue weighted by atomic mass is 32.2. The summed E-state index contributed by atoms with van der Waals surface area (Å²) in [6.45, 7) is 5.71. The summed E-state index contributed by atoms with van der Waals surface area (Å²) in [5.74, 6) is 0.571. The number of anilines is 2. The van der Waals surface area contributed by atoms with Crippen LogP contribution in [0.4, 0.5) is 17.3 Å². The number of nitrogens with zero attached hydrogens (tertiary/aromatic N) is 5. The number of amides is 1. The van der Waals surface area contributed by atoms with Crippen molar-refractivity contribution in [1.82, 2.24) is 14.8 Å². The lowest BCUT2D eigenvalue weighted by Crippen LogP contribution is -2.24. The molecule has 0 aliphatic carbocycles. The molecule has 166 valence electrons. The fraction of sp³-hybridized carbons (Fsp3) is 0.318. The van der Waals surface area contributed by atoms with Gasteiger partial charge in [-0.3, -0.25) is 19.5 Å². The van der Waals surface area contributed by atoms with Crippen LogP contribution in [0.3, 0.4) is 0 Å². The average molecular weight is 453 g/mol. The molecule has 1 saturated heterocycles. The Morgan fingerprint density at radius 1 is 1.09 bits per heavy atom. The van der Waals surface area contributed by atoms with E-state index in [-0.39, 0.29) is 11.6 Å². The Labute approximate surface area is 190 Å². The number of aryl methyl sites for hydroxylation is 1. The number of hydrogen-bond acceptors (Lipinski definition) is 7. The number of hydrogen-bond donors (Lipinski definition) is 1. The van der Waals surface area contributed by atoms with Crippen LogP contribution in [0.25, 0.3) is 5.69 Å². The SMILES string of the molecule is Cc1ccc(-n2c(SC(C)C(=O)Nc3ccc([N+](=O)[O-])cc3)nnc2N2CCCC2)cc1. The third-order valence-electron chi connectivity index (χ3n) is 5.29. The molecule has 2 aromatic carbocycles. The van der Waals surface area contributed by atoms with Crippen LogP contribution in [-0.2, 0) is 4.79 Å². The van der Waals surface area contributed by atoms with Crippen molar-refractivity contribution in [2.45, 2.75) is 37.1 Å². The second-order valence-electron chi connectivity index (χ2n) is 7.70. The van der Waals surface area contributed by atoms with Gasteiger partial charge in [-0.25, -0.2) is 0 Å². The van der Waals surface area contributed by atoms with E-state index in [4.69, 9.17) is 0 Å². The maximum atomic E-state index is 12.8. The van der Waals surface area contributed by atoms with Crippen LogP contribution in [0.1, 0.15) is 25.3 Å². The highest BCUT2D eigenvalue weighted by molar-refractivity contribution is 8.00. The number of carbonyl (C=O) groups is 1. The zero-order chi connectivity index (χ0) is 22.7. The minimum atomic E-state index is -0.472. The van der Waals surface area contributed by atoms with E-state index in [1.165, 1.54) is 36.0 Å². The van der Waals surface area contributed by atoms with Crippen LogP contribution >= 0.6 is 11.8 Å². The number of nitrogens with one attached hydrogen (secondary N) is 1. The standard InChI is InChI=1S/C22H24N6O3S/c1-15-5-9-18(10-6-15)27-21(26-13-3-4-14-26)24-25-22(27)32-16(2)20(29)23-17-7-11-19(12-8-17)28(30)31/h5-12,16H,3-4,13-14H2,1-2H3,(H,23,29). The molecule has 1 N–H and O–H groups in total. The third kappa shape index (κ3) is 4.75. The second-order valence-corrected chi connectivity index (χ2v) is 9.01. The summed E-state index contributed by atoms with van der Waals surface area (Å²) in [6, 6.07) is 13.9. The van der Waals surface area contributed by atoms with Crippen LogP contribution in [-0.4, -0.2) is 43.9 Å². The molecule has 1 atom stereocenters. The lowest BCUT2D eigenvalue weighted by molar-refractivity contribution is -0.384. The van der Waals surface area contributed by atoms with Gasteiger partial charge in [0.2, 0.25) is 11.9 Å². The van der Waals surface area contributed by atoms with Crippen LogP contribution in [0.5, 0.6) is 0 Å². The summed E-state index contributed by atoms with van der Waals surface area (Å²) in [7, 11) is 0. The zero-order valence-electron chi connectivity index (χ0n) is 17.9. The van der Waals surface area contributed by atoms with Crippen molar-refractivity contribution in [1.29, 1.82) is 0 Å². The van der Waals surface area contributed by atoms with Crippen LogP contribution in [0.15, 0.2) is 53.7 Å². The lowest BCUT2D eigenvalue weighted by Gasteiger charge is -2.19. The normalized spacial score (nSPS) is 14.4. The van der Waals surface area contributed by atoms with E-state index >= 15 is 0 Å². The van der Waals surface area contributed by atoms with Gasteiger partial charge >= 0.3 is 0 Å². The zero-order valence-corrected chi connectivity index (χ0v) is 18.7. The molecule has 2 heterocycles. The molecule has 1 aliphatic heterocycles. The summed E-state index contributed by atoms with van der Waals surface area (Å²) < 4.78 is 2.01. The first-order valence-corrected chi connectivity index (χ1v) is 11.3. The van der Waals surface area contributed by atoms with E-state index in [9.17, 15) is 14.9 Å². The van der Waals surface area contributed by atoms with Crippen molar-refractivity contribution in [2.75, 3.05) is 23.3 Å². The summed E-state index contributed by atoms with van der Waals surface area (Å²) in [5.41, 5.74) is 2.60. The Kier molecular flexibility index (Phi) is 6.40. The largest absolute Gasteiger partial charge is 0.341 e. The van der Waals surface area contributed by atoms with Crippen molar-refractivity contribution in [3.63, 3.8) is 0 Å². The molecule has 1 amide bonds. The second kappa shape index (κ2) is 9.39. The van der Waals surface area contributed by atoms with Gasteiger partial charge in [-0.1, -0.05) is 29.5 Å². The average Bonchev–Trinajstić information content (AvgIpc) is 3.45. The van der Waals surface area contributed by atoms with Crippen molar-refractivity contribution in [3.8, 4) is 5.69 Å². The number of carbonyl (C=O) groups excluding carboxylic acids is 1. The quantitative estimate of drug-likeness (QED) is 0.325. The smallest absolute Gasteiger partial charge is 0.269 e. The monoisotopic (exact) mass is 452 g/mol. The molecule has 1 aliphatic rings. The summed E-state index contributed by atoms with van der Waals surface area (Å²) in [4.78, 5) is 25.3. The van der Waals surface area contributed by atoms with Crippen molar-refractivity contribution in [2.24, 2.45) is 0 Å². The minimum absolute atomic E-state index is 0.0222. The van der Waals surface area contributed by atoms with Gasteiger partial charge < -0.3 is 10.2 Å². The number of non-ortho nitro benzene ring substituents is 1. The molecule has 1 fully saturated rings. The van der Waals surface area contributed by atoms with Gasteiger partial charge in [0.15, 0.2) is 5.16 Å². The molecule has 1 aromatic heterocycles. The highest BCUT2D eigenvalue weighted by Crippen LogP contribution is 2.31. The molecule has 10 heteroatoms. The van der Waals surface area contributed by atoms with E-state index in [1.807, 2.05) is 35.8 Å². The van der Waals surface area contributed by atoms with Gasteiger partial charge in [-0.15, -0.1) is 10.2 Å². The predicted molar refractivity (Wildman–Crippen MR) is 125 cm³/mol. The third-order valence-corrected chi connectivity index (χ3v) is 6.34. The fourth-order valence-corrected chi connectivity index (χ4v) is 4.36. The number of thioether (sulfide) groups is 1. The first-order valence-electron chi connectivity index (χ1n) is 10.4.